The van der Waals surface area contributed by atoms with Crippen LogP contribution in [0, 0.1) is 13.8 Å². The average Bonchev–Trinajstić information content (AvgIpc) is 2.63. The molecule has 0 amide bonds. The third-order valence-corrected chi connectivity index (χ3v) is 2.23. The summed E-state index contributed by atoms with van der Waals surface area (Å²) in [7, 11) is 0. The maximum Gasteiger partial charge on any atom is 0.254 e. The predicted octanol–water partition coefficient (Wildman–Crippen LogP) is -0.553. The summed E-state index contributed by atoms with van der Waals surface area (Å²) >= 11 is 0. The van der Waals surface area contributed by atoms with Crippen LogP contribution >= 0.6 is 0 Å². The Morgan fingerprint density at radius 1 is 1.25 bits per heavy atom. The molecule has 2 N–H and O–H groups in total. The third-order valence-electron chi connectivity index (χ3n) is 2.23. The molecule has 2 aromatic heterocycles. The zero-order valence-corrected chi connectivity index (χ0v) is 9.12. The van der Waals surface area contributed by atoms with Crippen molar-refractivity contribution in [2.45, 2.75) is 13.8 Å². The molecule has 7 nitrogen and oxygen atoms in total. The molecule has 0 saturated carbocycles. The molecule has 0 spiro atoms. The van der Waals surface area contributed by atoms with Crippen LogP contribution in [-0.2, 0) is 0 Å². The maximum absolute atomic E-state index is 8.98. The fraction of sp³-hybridized carbons (Fsp3) is 0.444. The average molecular weight is 223 g/mol. The largest absolute Gasteiger partial charge is 0.376 e. The molecule has 16 heavy (non-hydrogen) atoms. The second kappa shape index (κ2) is 4.03. The Hall–Kier alpha value is -1.73. The van der Waals surface area contributed by atoms with E-state index in [4.69, 9.17) is 10.2 Å². The summed E-state index contributed by atoms with van der Waals surface area (Å²) in [5.41, 5.74) is 1.75. The molecule has 0 aliphatic heterocycles. The highest BCUT2D eigenvalue weighted by Crippen LogP contribution is 2.10. The molecule has 2 rings (SSSR count). The van der Waals surface area contributed by atoms with E-state index in [1.807, 2.05) is 19.9 Å². The Balaban J connectivity index is 2.55. The number of aliphatic hydroxyl groups excluding tert-OH is 2. The number of aryl methyl sites for hydroxylation is 2. The number of anilines is 1. The van der Waals surface area contributed by atoms with Gasteiger partial charge in [0, 0.05) is 11.4 Å². The van der Waals surface area contributed by atoms with Gasteiger partial charge >= 0.3 is 0 Å². The second-order valence-electron chi connectivity index (χ2n) is 3.49. The molecular formula is C9H13N5O2. The first-order valence-corrected chi connectivity index (χ1v) is 4.83. The molecule has 0 fully saturated rings. The highest BCUT2D eigenvalue weighted by atomic mass is 16.3. The molecule has 2 heterocycles. The van der Waals surface area contributed by atoms with Crippen molar-refractivity contribution in [3.05, 3.63) is 17.5 Å². The van der Waals surface area contributed by atoms with E-state index in [1.54, 1.807) is 4.52 Å². The van der Waals surface area contributed by atoms with E-state index in [0.29, 0.717) is 5.78 Å². The summed E-state index contributed by atoms with van der Waals surface area (Å²) in [5.74, 6) is 0.714. The van der Waals surface area contributed by atoms with E-state index in [2.05, 4.69) is 15.1 Å². The fourth-order valence-electron chi connectivity index (χ4n) is 1.46. The van der Waals surface area contributed by atoms with Crippen LogP contribution < -0.4 is 4.90 Å². The molecule has 0 aliphatic carbocycles. The molecule has 0 radical (unpaired) electrons. The first-order valence-electron chi connectivity index (χ1n) is 4.83. The number of nitrogens with zero attached hydrogens (tertiary/aromatic N) is 5. The molecule has 7 heteroatoms. The number of hydrogen-bond acceptors (Lipinski definition) is 6. The summed E-state index contributed by atoms with van der Waals surface area (Å²) in [5, 5.41) is 22.1. The minimum Gasteiger partial charge on any atom is -0.376 e. The van der Waals surface area contributed by atoms with Crippen LogP contribution in [0.4, 0.5) is 5.95 Å². The quantitative estimate of drug-likeness (QED) is 0.679. The number of aliphatic hydroxyl groups is 2. The Morgan fingerprint density at radius 2 is 1.94 bits per heavy atom. The Morgan fingerprint density at radius 3 is 2.56 bits per heavy atom. The summed E-state index contributed by atoms with van der Waals surface area (Å²) in [6.07, 6.45) is 0. The molecule has 86 valence electrons. The SMILES string of the molecule is Cc1cc(C)n2nc(N(CO)CO)nc2n1. The van der Waals surface area contributed by atoms with Gasteiger partial charge in [0.15, 0.2) is 0 Å². The van der Waals surface area contributed by atoms with Crippen molar-refractivity contribution in [3.8, 4) is 0 Å². The summed E-state index contributed by atoms with van der Waals surface area (Å²) < 4.78 is 1.57. The van der Waals surface area contributed by atoms with Gasteiger partial charge in [0.1, 0.15) is 13.5 Å². The topological polar surface area (TPSA) is 86.8 Å². The van der Waals surface area contributed by atoms with Gasteiger partial charge in [-0.25, -0.2) is 4.98 Å². The lowest BCUT2D eigenvalue weighted by molar-refractivity contribution is 0.220. The first kappa shape index (κ1) is 10.8. The van der Waals surface area contributed by atoms with Crippen LogP contribution in [0.15, 0.2) is 6.07 Å². The Labute approximate surface area is 92.0 Å². The first-order chi connectivity index (χ1) is 7.65. The highest BCUT2D eigenvalue weighted by molar-refractivity contribution is 5.40. The van der Waals surface area contributed by atoms with Gasteiger partial charge in [-0.2, -0.15) is 9.50 Å². The van der Waals surface area contributed by atoms with Crippen molar-refractivity contribution in [2.24, 2.45) is 0 Å². The number of rotatable bonds is 3. The van der Waals surface area contributed by atoms with Crippen LogP contribution in [0.2, 0.25) is 0 Å². The lowest BCUT2D eigenvalue weighted by atomic mass is 10.4. The number of fused-ring (bicyclic) bond motifs is 1. The zero-order valence-electron chi connectivity index (χ0n) is 9.12. The molecule has 0 saturated heterocycles. The molecule has 2 aromatic rings. The Kier molecular flexibility index (Phi) is 2.71. The van der Waals surface area contributed by atoms with E-state index >= 15 is 0 Å². The predicted molar refractivity (Wildman–Crippen MR) is 56.9 cm³/mol. The molecule has 0 aromatic carbocycles. The van der Waals surface area contributed by atoms with Crippen molar-refractivity contribution in [1.82, 2.24) is 19.6 Å². The van der Waals surface area contributed by atoms with Gasteiger partial charge in [-0.05, 0) is 19.9 Å². The maximum atomic E-state index is 8.98. The van der Waals surface area contributed by atoms with Crippen LogP contribution in [0.3, 0.4) is 0 Å². The highest BCUT2D eigenvalue weighted by Gasteiger charge is 2.12. The summed E-state index contributed by atoms with van der Waals surface area (Å²) in [6, 6.07) is 1.88. The second-order valence-corrected chi connectivity index (χ2v) is 3.49. The van der Waals surface area contributed by atoms with Gasteiger partial charge in [0.2, 0.25) is 0 Å². The van der Waals surface area contributed by atoms with Crippen molar-refractivity contribution in [2.75, 3.05) is 18.4 Å². The monoisotopic (exact) mass is 223 g/mol. The minimum absolute atomic E-state index is 0.256. The van der Waals surface area contributed by atoms with Gasteiger partial charge in [-0.1, -0.05) is 0 Å². The molecule has 0 atom stereocenters. The lowest BCUT2D eigenvalue weighted by Crippen LogP contribution is -2.26. The van der Waals surface area contributed by atoms with Crippen LogP contribution in [0.5, 0.6) is 0 Å². The third kappa shape index (κ3) is 1.70. The van der Waals surface area contributed by atoms with Gasteiger partial charge in [0.25, 0.3) is 11.7 Å². The molecule has 0 aliphatic rings. The fourth-order valence-corrected chi connectivity index (χ4v) is 1.46. The van der Waals surface area contributed by atoms with Crippen molar-refractivity contribution in [1.29, 1.82) is 0 Å². The lowest BCUT2D eigenvalue weighted by Gasteiger charge is -2.12. The van der Waals surface area contributed by atoms with Gasteiger partial charge in [-0.15, -0.1) is 5.10 Å². The van der Waals surface area contributed by atoms with Crippen LogP contribution in [0.25, 0.3) is 5.78 Å². The zero-order chi connectivity index (χ0) is 11.7. The summed E-state index contributed by atoms with van der Waals surface area (Å²) in [6.45, 7) is 3.08. The van der Waals surface area contributed by atoms with Gasteiger partial charge in [-0.3, -0.25) is 4.90 Å². The number of aromatic nitrogens is 4. The molecule has 0 unspecified atom stereocenters. The Bertz CT molecular complexity index is 506. The molecule has 0 bridgehead atoms. The van der Waals surface area contributed by atoms with Crippen molar-refractivity contribution >= 4 is 11.7 Å². The van der Waals surface area contributed by atoms with E-state index in [0.717, 1.165) is 11.4 Å². The van der Waals surface area contributed by atoms with Crippen molar-refractivity contribution < 1.29 is 10.2 Å². The van der Waals surface area contributed by atoms with Crippen molar-refractivity contribution in [3.63, 3.8) is 0 Å². The standard InChI is InChI=1S/C9H13N5O2/c1-6-3-7(2)14-8(10-6)11-9(12-14)13(4-15)5-16/h3,15-16H,4-5H2,1-2H3. The van der Waals surface area contributed by atoms with Gasteiger partial charge in [0.05, 0.1) is 0 Å². The minimum atomic E-state index is -0.342. The van der Waals surface area contributed by atoms with E-state index in [9.17, 15) is 0 Å². The summed E-state index contributed by atoms with van der Waals surface area (Å²) in [4.78, 5) is 9.56. The normalized spacial score (nSPS) is 11.0. The smallest absolute Gasteiger partial charge is 0.254 e. The molecular weight excluding hydrogens is 210 g/mol. The van der Waals surface area contributed by atoms with Crippen LogP contribution in [0.1, 0.15) is 11.4 Å². The van der Waals surface area contributed by atoms with E-state index < -0.39 is 0 Å². The van der Waals surface area contributed by atoms with Gasteiger partial charge < -0.3 is 10.2 Å². The van der Waals surface area contributed by atoms with E-state index in [1.165, 1.54) is 4.90 Å². The van der Waals surface area contributed by atoms with E-state index in [-0.39, 0.29) is 19.4 Å². The number of hydrogen-bond donors (Lipinski definition) is 2. The van der Waals surface area contributed by atoms with Crippen LogP contribution in [-0.4, -0.2) is 43.3 Å².